The highest BCUT2D eigenvalue weighted by atomic mass is 35.5. The normalized spacial score (nSPS) is 14.0. The molecule has 0 atom stereocenters. The monoisotopic (exact) mass is 359 g/mol. The van der Waals surface area contributed by atoms with Gasteiger partial charge in [-0.25, -0.2) is 9.97 Å². The van der Waals surface area contributed by atoms with Crippen molar-refractivity contribution in [2.24, 2.45) is 0 Å². The van der Waals surface area contributed by atoms with E-state index in [2.05, 4.69) is 15.0 Å². The van der Waals surface area contributed by atoms with Crippen molar-refractivity contribution in [1.29, 1.82) is 0 Å². The Morgan fingerprint density at radius 2 is 2.12 bits per heavy atom. The molecule has 0 saturated heterocycles. The van der Waals surface area contributed by atoms with Crippen LogP contribution in [0.15, 0.2) is 46.1 Å². The zero-order chi connectivity index (χ0) is 16.5. The van der Waals surface area contributed by atoms with Crippen molar-refractivity contribution in [2.75, 3.05) is 0 Å². The number of halogens is 1. The maximum Gasteiger partial charge on any atom is 0.215 e. The molecular weight excluding hydrogens is 346 g/mol. The summed E-state index contributed by atoms with van der Waals surface area (Å²) >= 11 is 7.39. The van der Waals surface area contributed by atoms with Crippen molar-refractivity contribution in [3.05, 3.63) is 53.1 Å². The maximum absolute atomic E-state index is 9.73. The minimum atomic E-state index is 0.0152. The van der Waals surface area contributed by atoms with Crippen LogP contribution in [0.2, 0.25) is 5.02 Å². The molecule has 0 radical (unpaired) electrons. The predicted molar refractivity (Wildman–Crippen MR) is 92.2 cm³/mol. The van der Waals surface area contributed by atoms with Gasteiger partial charge in [-0.1, -0.05) is 35.5 Å². The lowest BCUT2D eigenvalue weighted by Crippen LogP contribution is -1.93. The summed E-state index contributed by atoms with van der Waals surface area (Å²) in [5.41, 5.74) is 1.80. The van der Waals surface area contributed by atoms with Gasteiger partial charge in [-0.15, -0.1) is 0 Å². The summed E-state index contributed by atoms with van der Waals surface area (Å²) in [5.74, 6) is 2.23. The van der Waals surface area contributed by atoms with Crippen molar-refractivity contribution >= 4 is 23.4 Å². The van der Waals surface area contributed by atoms with Crippen LogP contribution in [0.4, 0.5) is 0 Å². The summed E-state index contributed by atoms with van der Waals surface area (Å²) in [6.45, 7) is 0. The molecule has 0 spiro atoms. The third-order valence-electron chi connectivity index (χ3n) is 3.69. The molecule has 2 aromatic heterocycles. The Bertz CT molecular complexity index is 880. The number of aromatic nitrogens is 3. The van der Waals surface area contributed by atoms with Gasteiger partial charge in [0, 0.05) is 22.6 Å². The molecule has 0 bridgehead atoms. The molecule has 122 valence electrons. The van der Waals surface area contributed by atoms with Crippen molar-refractivity contribution in [3.63, 3.8) is 0 Å². The first-order valence-corrected chi connectivity index (χ1v) is 8.95. The Morgan fingerprint density at radius 1 is 1.25 bits per heavy atom. The lowest BCUT2D eigenvalue weighted by Gasteiger charge is -2.02. The van der Waals surface area contributed by atoms with Crippen LogP contribution in [-0.4, -0.2) is 20.1 Å². The molecule has 7 heteroatoms. The molecule has 1 saturated carbocycles. The van der Waals surface area contributed by atoms with E-state index in [1.165, 1.54) is 11.8 Å². The molecule has 1 aliphatic carbocycles. The molecular formula is C17H14ClN3O2S. The SMILES string of the molecule is Oc1cc(C2CC2)nc(SCc2ncc(-c3cccc(Cl)c3)o2)n1. The highest BCUT2D eigenvalue weighted by molar-refractivity contribution is 7.98. The van der Waals surface area contributed by atoms with Crippen LogP contribution in [0.3, 0.4) is 0 Å². The lowest BCUT2D eigenvalue weighted by molar-refractivity contribution is 0.443. The smallest absolute Gasteiger partial charge is 0.215 e. The largest absolute Gasteiger partial charge is 0.493 e. The molecule has 4 rings (SSSR count). The number of hydrogen-bond donors (Lipinski definition) is 1. The van der Waals surface area contributed by atoms with Gasteiger partial charge in [0.1, 0.15) is 0 Å². The summed E-state index contributed by atoms with van der Waals surface area (Å²) in [6.07, 6.45) is 3.94. The van der Waals surface area contributed by atoms with Gasteiger partial charge in [-0.2, -0.15) is 4.98 Å². The Morgan fingerprint density at radius 3 is 2.92 bits per heavy atom. The standard InChI is InChI=1S/C17H14ClN3O2S/c18-12-3-1-2-11(6-12)14-8-19-16(23-14)9-24-17-20-13(10-4-5-10)7-15(22)21-17/h1-3,6-8,10H,4-5,9H2,(H,20,21,22). The number of nitrogens with zero attached hydrogens (tertiary/aromatic N) is 3. The van der Waals surface area contributed by atoms with Crippen LogP contribution in [0.5, 0.6) is 5.88 Å². The van der Waals surface area contributed by atoms with Gasteiger partial charge >= 0.3 is 0 Å². The van der Waals surface area contributed by atoms with Crippen LogP contribution in [-0.2, 0) is 5.75 Å². The Kier molecular flexibility index (Phi) is 4.16. The first-order chi connectivity index (χ1) is 11.7. The lowest BCUT2D eigenvalue weighted by atomic mass is 10.2. The fraction of sp³-hybridized carbons (Fsp3) is 0.235. The van der Waals surface area contributed by atoms with Crippen LogP contribution < -0.4 is 0 Å². The molecule has 5 nitrogen and oxygen atoms in total. The van der Waals surface area contributed by atoms with Crippen LogP contribution >= 0.6 is 23.4 Å². The van der Waals surface area contributed by atoms with Crippen molar-refractivity contribution in [2.45, 2.75) is 29.7 Å². The minimum Gasteiger partial charge on any atom is -0.493 e. The molecule has 1 N–H and O–H groups in total. The second kappa shape index (κ2) is 6.45. The quantitative estimate of drug-likeness (QED) is 0.527. The molecule has 0 unspecified atom stereocenters. The number of benzene rings is 1. The van der Waals surface area contributed by atoms with Gasteiger partial charge in [-0.05, 0) is 25.0 Å². The Labute approximate surface area is 148 Å². The zero-order valence-corrected chi connectivity index (χ0v) is 14.2. The second-order valence-electron chi connectivity index (χ2n) is 5.63. The molecule has 24 heavy (non-hydrogen) atoms. The van der Waals surface area contributed by atoms with Crippen LogP contribution in [0, 0.1) is 0 Å². The third-order valence-corrected chi connectivity index (χ3v) is 4.76. The van der Waals surface area contributed by atoms with E-state index in [-0.39, 0.29) is 5.88 Å². The predicted octanol–water partition coefficient (Wildman–Crippen LogP) is 4.66. The number of hydrogen-bond acceptors (Lipinski definition) is 6. The van der Waals surface area contributed by atoms with Gasteiger partial charge in [0.15, 0.2) is 10.9 Å². The average Bonchev–Trinajstić information content (AvgIpc) is 3.31. The first-order valence-electron chi connectivity index (χ1n) is 7.59. The highest BCUT2D eigenvalue weighted by Gasteiger charge is 2.26. The van der Waals surface area contributed by atoms with Gasteiger partial charge in [-0.3, -0.25) is 0 Å². The van der Waals surface area contributed by atoms with Crippen LogP contribution in [0.25, 0.3) is 11.3 Å². The molecule has 1 aliphatic rings. The number of oxazole rings is 1. The Hall–Kier alpha value is -2.05. The first kappa shape index (κ1) is 15.5. The van der Waals surface area contributed by atoms with E-state index >= 15 is 0 Å². The van der Waals surface area contributed by atoms with Gasteiger partial charge in [0.2, 0.25) is 11.8 Å². The highest BCUT2D eigenvalue weighted by Crippen LogP contribution is 2.40. The molecule has 1 aromatic carbocycles. The number of aromatic hydroxyl groups is 1. The van der Waals surface area contributed by atoms with E-state index in [4.69, 9.17) is 16.0 Å². The van der Waals surface area contributed by atoms with E-state index in [1.54, 1.807) is 12.3 Å². The minimum absolute atomic E-state index is 0.0152. The van der Waals surface area contributed by atoms with E-state index < -0.39 is 0 Å². The topological polar surface area (TPSA) is 72.0 Å². The summed E-state index contributed by atoms with van der Waals surface area (Å²) in [5, 5.41) is 10.9. The average molecular weight is 360 g/mol. The fourth-order valence-electron chi connectivity index (χ4n) is 2.36. The van der Waals surface area contributed by atoms with Gasteiger partial charge in [0.25, 0.3) is 0 Å². The number of thioether (sulfide) groups is 1. The second-order valence-corrected chi connectivity index (χ2v) is 7.00. The van der Waals surface area contributed by atoms with Crippen LogP contribution in [0.1, 0.15) is 30.3 Å². The number of rotatable bonds is 5. The molecule has 0 aliphatic heterocycles. The third kappa shape index (κ3) is 3.55. The van der Waals surface area contributed by atoms with Crippen molar-refractivity contribution in [3.8, 4) is 17.2 Å². The Balaban J connectivity index is 1.47. The molecule has 3 aromatic rings. The summed E-state index contributed by atoms with van der Waals surface area (Å²) < 4.78 is 5.76. The van der Waals surface area contributed by atoms with Crippen molar-refractivity contribution in [1.82, 2.24) is 15.0 Å². The van der Waals surface area contributed by atoms with Crippen molar-refractivity contribution < 1.29 is 9.52 Å². The van der Waals surface area contributed by atoms with Gasteiger partial charge in [0.05, 0.1) is 17.6 Å². The summed E-state index contributed by atoms with van der Waals surface area (Å²) in [7, 11) is 0. The fourth-order valence-corrected chi connectivity index (χ4v) is 3.27. The maximum atomic E-state index is 9.73. The van der Waals surface area contributed by atoms with E-state index in [9.17, 15) is 5.11 Å². The summed E-state index contributed by atoms with van der Waals surface area (Å²) in [4.78, 5) is 12.8. The van der Waals surface area contributed by atoms with E-state index in [0.717, 1.165) is 24.1 Å². The molecule has 0 amide bonds. The zero-order valence-electron chi connectivity index (χ0n) is 12.6. The van der Waals surface area contributed by atoms with E-state index in [0.29, 0.717) is 33.5 Å². The van der Waals surface area contributed by atoms with E-state index in [1.807, 2.05) is 24.3 Å². The molecule has 2 heterocycles. The summed E-state index contributed by atoms with van der Waals surface area (Å²) in [6, 6.07) is 9.08. The molecule has 1 fully saturated rings. The van der Waals surface area contributed by atoms with Gasteiger partial charge < -0.3 is 9.52 Å².